The lowest BCUT2D eigenvalue weighted by molar-refractivity contribution is 0.243. The Morgan fingerprint density at radius 2 is 1.86 bits per heavy atom. The number of nitrogens with one attached hydrogen (secondary N) is 2. The van der Waals surface area contributed by atoms with Crippen molar-refractivity contribution < 1.29 is 9.90 Å². The highest BCUT2D eigenvalue weighted by Gasteiger charge is 2.14. The molecule has 0 spiro atoms. The summed E-state index contributed by atoms with van der Waals surface area (Å²) in [5.41, 5.74) is 0.995. The van der Waals surface area contributed by atoms with E-state index in [0.717, 1.165) is 5.56 Å². The molecular formula is C15H18N4O2. The number of anilines is 1. The minimum Gasteiger partial charge on any atom is -0.396 e. The molecule has 0 radical (unpaired) electrons. The number of aliphatic hydroxyl groups is 1. The predicted molar refractivity (Wildman–Crippen MR) is 79.7 cm³/mol. The standard InChI is InChI=1S/C15H18N4O2/c20-11-4-8-13(12-6-2-1-3-7-12)18-15(21)19-14-16-9-5-10-17-14/h1-3,5-7,9-10,13,20H,4,8,11H2,(H2,16,17,18,19,21). The van der Waals surface area contributed by atoms with Crippen molar-refractivity contribution >= 4 is 12.0 Å². The Balaban J connectivity index is 1.99. The second-order valence-corrected chi connectivity index (χ2v) is 4.50. The van der Waals surface area contributed by atoms with Crippen LogP contribution in [0.25, 0.3) is 0 Å². The zero-order valence-electron chi connectivity index (χ0n) is 11.6. The Morgan fingerprint density at radius 3 is 2.52 bits per heavy atom. The van der Waals surface area contributed by atoms with E-state index >= 15 is 0 Å². The number of aliphatic hydroxyl groups excluding tert-OH is 1. The van der Waals surface area contributed by atoms with E-state index < -0.39 is 0 Å². The number of carbonyl (C=O) groups is 1. The summed E-state index contributed by atoms with van der Waals surface area (Å²) in [5, 5.41) is 14.4. The van der Waals surface area contributed by atoms with Crippen LogP contribution in [0.4, 0.5) is 10.7 Å². The van der Waals surface area contributed by atoms with Crippen LogP contribution < -0.4 is 10.6 Å². The number of aromatic nitrogens is 2. The van der Waals surface area contributed by atoms with Crippen molar-refractivity contribution in [3.63, 3.8) is 0 Å². The first-order valence-corrected chi connectivity index (χ1v) is 6.80. The lowest BCUT2D eigenvalue weighted by Crippen LogP contribution is -2.33. The van der Waals surface area contributed by atoms with Gasteiger partial charge in [-0.05, 0) is 24.5 Å². The quantitative estimate of drug-likeness (QED) is 0.759. The molecule has 3 N–H and O–H groups in total. The molecule has 110 valence electrons. The van der Waals surface area contributed by atoms with Gasteiger partial charge < -0.3 is 10.4 Å². The number of nitrogens with zero attached hydrogens (tertiary/aromatic N) is 2. The van der Waals surface area contributed by atoms with Gasteiger partial charge >= 0.3 is 6.03 Å². The maximum Gasteiger partial charge on any atom is 0.322 e. The third-order valence-electron chi connectivity index (χ3n) is 2.95. The molecule has 0 aliphatic carbocycles. The van der Waals surface area contributed by atoms with Crippen LogP contribution in [0.1, 0.15) is 24.4 Å². The first-order valence-electron chi connectivity index (χ1n) is 6.80. The Labute approximate surface area is 123 Å². The van der Waals surface area contributed by atoms with Gasteiger partial charge in [0.15, 0.2) is 0 Å². The number of hydrogen-bond acceptors (Lipinski definition) is 4. The van der Waals surface area contributed by atoms with Crippen molar-refractivity contribution in [2.75, 3.05) is 11.9 Å². The molecule has 1 aromatic heterocycles. The van der Waals surface area contributed by atoms with Crippen LogP contribution in [-0.4, -0.2) is 27.7 Å². The molecule has 6 heteroatoms. The largest absolute Gasteiger partial charge is 0.396 e. The minimum absolute atomic E-state index is 0.0917. The molecule has 21 heavy (non-hydrogen) atoms. The molecule has 0 bridgehead atoms. The van der Waals surface area contributed by atoms with Gasteiger partial charge in [0.05, 0.1) is 6.04 Å². The van der Waals surface area contributed by atoms with E-state index in [0.29, 0.717) is 12.8 Å². The van der Waals surface area contributed by atoms with Crippen molar-refractivity contribution in [1.82, 2.24) is 15.3 Å². The van der Waals surface area contributed by atoms with Gasteiger partial charge in [-0.2, -0.15) is 0 Å². The molecule has 1 heterocycles. The van der Waals surface area contributed by atoms with Crippen LogP contribution in [0.5, 0.6) is 0 Å². The van der Waals surface area contributed by atoms with E-state index in [1.54, 1.807) is 18.5 Å². The highest BCUT2D eigenvalue weighted by Crippen LogP contribution is 2.18. The fraction of sp³-hybridized carbons (Fsp3) is 0.267. The molecule has 6 nitrogen and oxygen atoms in total. The summed E-state index contributed by atoms with van der Waals surface area (Å²) in [7, 11) is 0. The summed E-state index contributed by atoms with van der Waals surface area (Å²) < 4.78 is 0. The summed E-state index contributed by atoms with van der Waals surface area (Å²) in [5.74, 6) is 0.254. The van der Waals surface area contributed by atoms with Gasteiger partial charge in [-0.3, -0.25) is 5.32 Å². The zero-order valence-corrected chi connectivity index (χ0v) is 11.6. The predicted octanol–water partition coefficient (Wildman–Crippen LogP) is 2.11. The van der Waals surface area contributed by atoms with Crippen LogP contribution in [0.2, 0.25) is 0 Å². The van der Waals surface area contributed by atoms with Gasteiger partial charge in [-0.25, -0.2) is 14.8 Å². The minimum atomic E-state index is -0.368. The Bertz CT molecular complexity index is 548. The first kappa shape index (κ1) is 14.9. The van der Waals surface area contributed by atoms with Gasteiger partial charge in [0, 0.05) is 19.0 Å². The summed E-state index contributed by atoms with van der Waals surface area (Å²) in [6, 6.07) is 10.8. The second-order valence-electron chi connectivity index (χ2n) is 4.50. The lowest BCUT2D eigenvalue weighted by Gasteiger charge is -2.19. The van der Waals surface area contributed by atoms with Crippen molar-refractivity contribution in [2.45, 2.75) is 18.9 Å². The number of carbonyl (C=O) groups excluding carboxylic acids is 1. The number of amides is 2. The van der Waals surface area contributed by atoms with E-state index in [1.807, 2.05) is 30.3 Å². The molecule has 2 amide bonds. The van der Waals surface area contributed by atoms with Gasteiger partial charge in [-0.15, -0.1) is 0 Å². The zero-order chi connectivity index (χ0) is 14.9. The topological polar surface area (TPSA) is 87.1 Å². The van der Waals surface area contributed by atoms with Gasteiger partial charge in [0.1, 0.15) is 0 Å². The van der Waals surface area contributed by atoms with E-state index in [-0.39, 0.29) is 24.6 Å². The summed E-state index contributed by atoms with van der Waals surface area (Å²) >= 11 is 0. The van der Waals surface area contributed by atoms with Gasteiger partial charge in [0.25, 0.3) is 0 Å². The van der Waals surface area contributed by atoms with E-state index in [2.05, 4.69) is 20.6 Å². The molecule has 1 unspecified atom stereocenters. The van der Waals surface area contributed by atoms with Gasteiger partial charge in [-0.1, -0.05) is 30.3 Å². The molecule has 2 rings (SSSR count). The molecule has 1 atom stereocenters. The summed E-state index contributed by atoms with van der Waals surface area (Å²) in [6.45, 7) is 0.0917. The first-order chi connectivity index (χ1) is 10.3. The van der Waals surface area contributed by atoms with Crippen molar-refractivity contribution in [1.29, 1.82) is 0 Å². The van der Waals surface area contributed by atoms with Crippen LogP contribution in [0.3, 0.4) is 0 Å². The third-order valence-corrected chi connectivity index (χ3v) is 2.95. The molecule has 0 saturated heterocycles. The number of rotatable bonds is 6. The molecular weight excluding hydrogens is 268 g/mol. The second kappa shape index (κ2) is 7.96. The van der Waals surface area contributed by atoms with Crippen molar-refractivity contribution in [3.8, 4) is 0 Å². The average Bonchev–Trinajstić information content (AvgIpc) is 2.53. The molecule has 0 aliphatic heterocycles. The Hall–Kier alpha value is -2.47. The van der Waals surface area contributed by atoms with E-state index in [9.17, 15) is 4.79 Å². The normalized spacial score (nSPS) is 11.7. The van der Waals surface area contributed by atoms with Gasteiger partial charge in [0.2, 0.25) is 5.95 Å². The SMILES string of the molecule is O=C(Nc1ncccn1)NC(CCCO)c1ccccc1. The van der Waals surface area contributed by atoms with E-state index in [4.69, 9.17) is 5.11 Å². The lowest BCUT2D eigenvalue weighted by atomic mass is 10.0. The highest BCUT2D eigenvalue weighted by atomic mass is 16.3. The molecule has 1 aromatic carbocycles. The fourth-order valence-corrected chi connectivity index (χ4v) is 1.96. The summed E-state index contributed by atoms with van der Waals surface area (Å²) in [6.07, 6.45) is 4.39. The highest BCUT2D eigenvalue weighted by molar-refractivity contribution is 5.87. The molecule has 0 fully saturated rings. The maximum atomic E-state index is 12.0. The Morgan fingerprint density at radius 1 is 1.14 bits per heavy atom. The van der Waals surface area contributed by atoms with E-state index in [1.165, 1.54) is 0 Å². The average molecular weight is 286 g/mol. The van der Waals surface area contributed by atoms with Crippen LogP contribution >= 0.6 is 0 Å². The molecule has 0 aliphatic rings. The third kappa shape index (κ3) is 4.85. The summed E-state index contributed by atoms with van der Waals surface area (Å²) in [4.78, 5) is 19.9. The maximum absolute atomic E-state index is 12.0. The number of hydrogen-bond donors (Lipinski definition) is 3. The van der Waals surface area contributed by atoms with Crippen LogP contribution in [0.15, 0.2) is 48.8 Å². The molecule has 0 saturated carbocycles. The number of benzene rings is 1. The van der Waals surface area contributed by atoms with Crippen LogP contribution in [-0.2, 0) is 0 Å². The fourth-order valence-electron chi connectivity index (χ4n) is 1.96. The monoisotopic (exact) mass is 286 g/mol. The van der Waals surface area contributed by atoms with Crippen LogP contribution in [0, 0.1) is 0 Å². The number of urea groups is 1. The van der Waals surface area contributed by atoms with Crippen molar-refractivity contribution in [2.24, 2.45) is 0 Å². The van der Waals surface area contributed by atoms with Crippen molar-refractivity contribution in [3.05, 3.63) is 54.4 Å². The Kier molecular flexibility index (Phi) is 5.66. The molecule has 2 aromatic rings. The smallest absolute Gasteiger partial charge is 0.322 e.